The minimum Gasteiger partial charge on any atom is -0.336 e. The van der Waals surface area contributed by atoms with Crippen LogP contribution in [0, 0.1) is 3.95 Å². The Morgan fingerprint density at radius 3 is 3.18 bits per heavy atom. The van der Waals surface area contributed by atoms with Crippen molar-refractivity contribution in [3.63, 3.8) is 0 Å². The van der Waals surface area contributed by atoms with E-state index in [-0.39, 0.29) is 0 Å². The second-order valence-corrected chi connectivity index (χ2v) is 3.62. The highest BCUT2D eigenvalue weighted by Gasteiger charge is 2.01. The number of hydrogen-bond acceptors (Lipinski definition) is 5. The molecule has 0 aromatic carbocycles. The fourth-order valence-electron chi connectivity index (χ4n) is 0.793. The third-order valence-corrected chi connectivity index (χ3v) is 2.61. The largest absolute Gasteiger partial charge is 0.336 e. The predicted molar refractivity (Wildman–Crippen MR) is 46.4 cm³/mol. The van der Waals surface area contributed by atoms with E-state index in [1.165, 1.54) is 22.3 Å². The molecule has 0 atom stereocenters. The molecule has 11 heavy (non-hydrogen) atoms. The van der Waals surface area contributed by atoms with Gasteiger partial charge in [0.1, 0.15) is 6.33 Å². The van der Waals surface area contributed by atoms with E-state index in [9.17, 15) is 0 Å². The summed E-state index contributed by atoms with van der Waals surface area (Å²) in [5.41, 5.74) is 0.690. The van der Waals surface area contributed by atoms with Crippen molar-refractivity contribution >= 4 is 33.9 Å². The van der Waals surface area contributed by atoms with Crippen molar-refractivity contribution in [3.8, 4) is 0 Å². The lowest BCUT2D eigenvalue weighted by atomic mass is 10.6. The number of rotatable bonds is 0. The first-order chi connectivity index (χ1) is 5.29. The molecule has 56 valence electrons. The molecule has 2 rings (SSSR count). The number of thiazole rings is 1. The average Bonchev–Trinajstić information content (AvgIpc) is 2.30. The van der Waals surface area contributed by atoms with Gasteiger partial charge in [0, 0.05) is 6.20 Å². The molecule has 2 N–H and O–H groups in total. The van der Waals surface area contributed by atoms with Crippen molar-refractivity contribution in [2.45, 2.75) is 0 Å². The van der Waals surface area contributed by atoms with Crippen molar-refractivity contribution in [3.05, 3.63) is 16.5 Å². The lowest BCUT2D eigenvalue weighted by molar-refractivity contribution is 1.02. The highest BCUT2D eigenvalue weighted by Crippen LogP contribution is 2.16. The molecule has 0 bridgehead atoms. The van der Waals surface area contributed by atoms with Gasteiger partial charge in [-0.15, -0.1) is 0 Å². The number of fused-ring (bicyclic) bond motifs is 1. The van der Waals surface area contributed by atoms with Crippen LogP contribution in [-0.4, -0.2) is 14.6 Å². The third-order valence-electron chi connectivity index (χ3n) is 1.28. The van der Waals surface area contributed by atoms with Crippen molar-refractivity contribution in [1.82, 2.24) is 14.6 Å². The van der Waals surface area contributed by atoms with Gasteiger partial charge < -0.3 is 5.84 Å². The Bertz CT molecular complexity index is 443. The second-order valence-electron chi connectivity index (χ2n) is 1.95. The Morgan fingerprint density at radius 2 is 2.45 bits per heavy atom. The Labute approximate surface area is 71.3 Å². The van der Waals surface area contributed by atoms with Crippen LogP contribution in [0.2, 0.25) is 0 Å². The monoisotopic (exact) mass is 184 g/mol. The average molecular weight is 184 g/mol. The molecule has 2 aromatic heterocycles. The Morgan fingerprint density at radius 1 is 1.64 bits per heavy atom. The minimum absolute atomic E-state index is 0.612. The molecule has 0 radical (unpaired) electrons. The summed E-state index contributed by atoms with van der Waals surface area (Å²) in [5, 5.41) is 0. The van der Waals surface area contributed by atoms with Crippen LogP contribution in [-0.2, 0) is 0 Å². The van der Waals surface area contributed by atoms with E-state index >= 15 is 0 Å². The van der Waals surface area contributed by atoms with Gasteiger partial charge in [-0.1, -0.05) is 11.3 Å². The first-order valence-corrected chi connectivity index (χ1v) is 4.08. The maximum Gasteiger partial charge on any atom is 0.182 e. The van der Waals surface area contributed by atoms with Crippen LogP contribution in [0.25, 0.3) is 10.3 Å². The van der Waals surface area contributed by atoms with Gasteiger partial charge in [-0.3, -0.25) is 0 Å². The zero-order valence-electron chi connectivity index (χ0n) is 5.39. The van der Waals surface area contributed by atoms with E-state index < -0.39 is 0 Å². The van der Waals surface area contributed by atoms with Crippen LogP contribution in [0.1, 0.15) is 0 Å². The van der Waals surface area contributed by atoms with E-state index in [0.29, 0.717) is 9.60 Å². The Kier molecular flexibility index (Phi) is 1.36. The molecular formula is C5H4N4S2. The summed E-state index contributed by atoms with van der Waals surface area (Å²) in [6.07, 6.45) is 3.15. The van der Waals surface area contributed by atoms with Crippen molar-refractivity contribution in [1.29, 1.82) is 0 Å². The summed E-state index contributed by atoms with van der Waals surface area (Å²) in [5.74, 6) is 5.57. The lowest BCUT2D eigenvalue weighted by Crippen LogP contribution is -2.07. The van der Waals surface area contributed by atoms with Gasteiger partial charge in [-0.05, 0) is 12.2 Å². The van der Waals surface area contributed by atoms with Crippen molar-refractivity contribution in [2.75, 3.05) is 5.84 Å². The van der Waals surface area contributed by atoms with Crippen LogP contribution >= 0.6 is 23.6 Å². The van der Waals surface area contributed by atoms with Crippen molar-refractivity contribution < 1.29 is 0 Å². The minimum atomic E-state index is 0.612. The molecule has 6 heteroatoms. The molecular weight excluding hydrogens is 180 g/mol. The molecule has 0 fully saturated rings. The number of aromatic nitrogens is 3. The van der Waals surface area contributed by atoms with Crippen LogP contribution in [0.15, 0.2) is 12.5 Å². The van der Waals surface area contributed by atoms with Gasteiger partial charge in [0.2, 0.25) is 0 Å². The summed E-state index contributed by atoms with van der Waals surface area (Å²) in [7, 11) is 0. The highest BCUT2D eigenvalue weighted by atomic mass is 32.1. The topological polar surface area (TPSA) is 56.7 Å². The number of hydrogen-bond donors (Lipinski definition) is 1. The Hall–Kier alpha value is -1.01. The fraction of sp³-hybridized carbons (Fsp3) is 0. The summed E-state index contributed by atoms with van der Waals surface area (Å²) >= 11 is 6.35. The lowest BCUT2D eigenvalue weighted by Gasteiger charge is -1.90. The first-order valence-electron chi connectivity index (χ1n) is 2.85. The van der Waals surface area contributed by atoms with Gasteiger partial charge in [-0.25, -0.2) is 14.6 Å². The van der Waals surface area contributed by atoms with E-state index in [2.05, 4.69) is 9.97 Å². The standard InChI is InChI=1S/C5H4N4S2/c6-9-4-3(11-5(9)10)1-7-2-8-4/h1-2H,6H2. The smallest absolute Gasteiger partial charge is 0.182 e. The second kappa shape index (κ2) is 2.24. The predicted octanol–water partition coefficient (Wildman–Crippen LogP) is 0.936. The van der Waals surface area contributed by atoms with E-state index in [4.69, 9.17) is 18.1 Å². The molecule has 0 saturated carbocycles. The van der Waals surface area contributed by atoms with E-state index in [1.807, 2.05) is 0 Å². The van der Waals surface area contributed by atoms with Crippen molar-refractivity contribution in [2.24, 2.45) is 0 Å². The van der Waals surface area contributed by atoms with Gasteiger partial charge in [-0.2, -0.15) is 0 Å². The van der Waals surface area contributed by atoms with Crippen LogP contribution in [0.4, 0.5) is 0 Å². The number of nitrogens with zero attached hydrogens (tertiary/aromatic N) is 3. The summed E-state index contributed by atoms with van der Waals surface area (Å²) in [6.45, 7) is 0. The third kappa shape index (κ3) is 0.908. The van der Waals surface area contributed by atoms with E-state index in [1.54, 1.807) is 6.20 Å². The quantitative estimate of drug-likeness (QED) is 0.489. The van der Waals surface area contributed by atoms with Gasteiger partial charge >= 0.3 is 0 Å². The van der Waals surface area contributed by atoms with E-state index in [0.717, 1.165) is 4.70 Å². The van der Waals surface area contributed by atoms with Crippen LogP contribution in [0.5, 0.6) is 0 Å². The zero-order chi connectivity index (χ0) is 7.84. The molecule has 0 aliphatic heterocycles. The first kappa shape index (κ1) is 6.68. The number of nitrogens with two attached hydrogens (primary N) is 1. The SMILES string of the molecule is Nn1c(=S)sc2cncnc21. The summed E-state index contributed by atoms with van der Waals surface area (Å²) in [6, 6.07) is 0. The molecule has 4 nitrogen and oxygen atoms in total. The molecule has 2 heterocycles. The maximum atomic E-state index is 5.57. The normalized spacial score (nSPS) is 10.5. The molecule has 2 aromatic rings. The highest BCUT2D eigenvalue weighted by molar-refractivity contribution is 7.73. The molecule has 0 aliphatic carbocycles. The zero-order valence-corrected chi connectivity index (χ0v) is 7.02. The van der Waals surface area contributed by atoms with Gasteiger partial charge in [0.25, 0.3) is 0 Å². The van der Waals surface area contributed by atoms with Gasteiger partial charge in [0.15, 0.2) is 9.60 Å². The van der Waals surface area contributed by atoms with Crippen LogP contribution in [0.3, 0.4) is 0 Å². The molecule has 0 saturated heterocycles. The summed E-state index contributed by atoms with van der Waals surface area (Å²) in [4.78, 5) is 7.82. The maximum absolute atomic E-state index is 5.57. The molecule has 0 aliphatic rings. The number of nitrogen functional groups attached to an aromatic ring is 1. The molecule has 0 unspecified atom stereocenters. The molecule has 0 spiro atoms. The molecule has 0 amide bonds. The summed E-state index contributed by atoms with van der Waals surface area (Å²) < 4.78 is 2.91. The fourth-order valence-corrected chi connectivity index (χ4v) is 1.88. The van der Waals surface area contributed by atoms with Gasteiger partial charge in [0.05, 0.1) is 4.70 Å². The van der Waals surface area contributed by atoms with Crippen LogP contribution < -0.4 is 5.84 Å². The Balaban J connectivity index is 3.04.